The molecule has 6 heteroatoms. The van der Waals surface area contributed by atoms with Gasteiger partial charge in [0.2, 0.25) is 0 Å². The minimum absolute atomic E-state index is 0.158. The second-order valence-electron chi connectivity index (χ2n) is 9.36. The number of hydrogen-bond donors (Lipinski definition) is 2. The van der Waals surface area contributed by atoms with Gasteiger partial charge in [-0.15, -0.1) is 0 Å². The van der Waals surface area contributed by atoms with Gasteiger partial charge in [0.25, 0.3) is 0 Å². The van der Waals surface area contributed by atoms with Gasteiger partial charge >= 0.3 is 0 Å². The molecular formula is C29H29NO5. The highest BCUT2D eigenvalue weighted by atomic mass is 16.5. The Morgan fingerprint density at radius 2 is 1.54 bits per heavy atom. The Bertz CT molecular complexity index is 1260. The van der Waals surface area contributed by atoms with E-state index in [2.05, 4.69) is 4.90 Å². The summed E-state index contributed by atoms with van der Waals surface area (Å²) in [5.74, 6) is 2.42. The number of aromatic hydroxyl groups is 2. The lowest BCUT2D eigenvalue weighted by Crippen LogP contribution is -2.33. The summed E-state index contributed by atoms with van der Waals surface area (Å²) >= 11 is 0. The summed E-state index contributed by atoms with van der Waals surface area (Å²) < 4.78 is 18.5. The van der Waals surface area contributed by atoms with Crippen LogP contribution >= 0.6 is 0 Å². The monoisotopic (exact) mass is 471 g/mol. The topological polar surface area (TPSA) is 71.4 Å². The fourth-order valence-electron chi connectivity index (χ4n) is 5.26. The van der Waals surface area contributed by atoms with Crippen LogP contribution in [0.15, 0.2) is 60.7 Å². The van der Waals surface area contributed by atoms with Gasteiger partial charge in [0.1, 0.15) is 42.0 Å². The van der Waals surface area contributed by atoms with E-state index in [4.69, 9.17) is 14.2 Å². The molecule has 0 spiro atoms. The zero-order valence-corrected chi connectivity index (χ0v) is 19.6. The van der Waals surface area contributed by atoms with Crippen molar-refractivity contribution in [2.75, 3.05) is 32.8 Å². The van der Waals surface area contributed by atoms with Crippen LogP contribution in [0.1, 0.15) is 42.1 Å². The van der Waals surface area contributed by atoms with Crippen LogP contribution in [0.2, 0.25) is 0 Å². The highest BCUT2D eigenvalue weighted by Crippen LogP contribution is 2.51. The highest BCUT2D eigenvalue weighted by molar-refractivity contribution is 5.99. The third-order valence-electron chi connectivity index (χ3n) is 7.06. The smallest absolute Gasteiger partial charge is 0.150 e. The van der Waals surface area contributed by atoms with Crippen LogP contribution in [0.4, 0.5) is 0 Å². The number of fused-ring (bicyclic) bond motifs is 4. The van der Waals surface area contributed by atoms with E-state index in [0.29, 0.717) is 24.7 Å². The highest BCUT2D eigenvalue weighted by Gasteiger charge is 2.35. The lowest BCUT2D eigenvalue weighted by molar-refractivity contribution is 0.183. The minimum Gasteiger partial charge on any atom is -0.508 e. The number of hydrogen-bond acceptors (Lipinski definition) is 6. The lowest BCUT2D eigenvalue weighted by Gasteiger charge is -2.35. The molecule has 2 N–H and O–H groups in total. The molecule has 3 aromatic rings. The number of phenols is 2. The number of rotatable bonds is 5. The van der Waals surface area contributed by atoms with Crippen LogP contribution in [0.25, 0.3) is 11.1 Å². The molecule has 1 atom stereocenters. The van der Waals surface area contributed by atoms with Crippen molar-refractivity contribution in [1.29, 1.82) is 0 Å². The fraction of sp³-hybridized carbons (Fsp3) is 0.310. The molecule has 0 aliphatic carbocycles. The summed E-state index contributed by atoms with van der Waals surface area (Å²) in [6, 6.07) is 18.4. The normalized spacial score (nSPS) is 19.1. The van der Waals surface area contributed by atoms with Gasteiger partial charge in [-0.1, -0.05) is 18.6 Å². The molecule has 6 rings (SSSR count). The van der Waals surface area contributed by atoms with Crippen molar-refractivity contribution in [1.82, 2.24) is 4.90 Å². The third-order valence-corrected chi connectivity index (χ3v) is 7.06. The molecule has 0 saturated carbocycles. The van der Waals surface area contributed by atoms with Crippen molar-refractivity contribution in [3.8, 4) is 28.7 Å². The first kappa shape index (κ1) is 21.9. The Morgan fingerprint density at radius 1 is 0.829 bits per heavy atom. The average Bonchev–Trinajstić information content (AvgIpc) is 2.88. The molecule has 3 aliphatic heterocycles. The molecule has 1 saturated heterocycles. The Kier molecular flexibility index (Phi) is 5.74. The van der Waals surface area contributed by atoms with E-state index in [9.17, 15) is 10.2 Å². The van der Waals surface area contributed by atoms with E-state index in [1.54, 1.807) is 24.3 Å². The fourth-order valence-corrected chi connectivity index (χ4v) is 5.26. The molecule has 3 aliphatic rings. The predicted octanol–water partition coefficient (Wildman–Crippen LogP) is 5.40. The van der Waals surface area contributed by atoms with Crippen LogP contribution in [0.3, 0.4) is 0 Å². The largest absolute Gasteiger partial charge is 0.508 e. The lowest BCUT2D eigenvalue weighted by atomic mass is 9.84. The second kappa shape index (κ2) is 9.19. The van der Waals surface area contributed by atoms with Gasteiger partial charge in [-0.2, -0.15) is 0 Å². The predicted molar refractivity (Wildman–Crippen MR) is 134 cm³/mol. The maximum absolute atomic E-state index is 10.1. The molecule has 3 aromatic carbocycles. The van der Waals surface area contributed by atoms with E-state index in [1.807, 2.05) is 36.4 Å². The number of benzene rings is 3. The van der Waals surface area contributed by atoms with Crippen molar-refractivity contribution in [3.63, 3.8) is 0 Å². The van der Waals surface area contributed by atoms with E-state index >= 15 is 0 Å². The molecule has 1 unspecified atom stereocenters. The first-order chi connectivity index (χ1) is 17.2. The summed E-state index contributed by atoms with van der Waals surface area (Å²) in [4.78, 5) is 2.47. The molecule has 6 nitrogen and oxygen atoms in total. The van der Waals surface area contributed by atoms with Gasteiger partial charge in [0.15, 0.2) is 6.10 Å². The number of piperidine rings is 1. The molecule has 0 radical (unpaired) electrons. The van der Waals surface area contributed by atoms with Gasteiger partial charge in [-0.3, -0.25) is 4.90 Å². The maximum Gasteiger partial charge on any atom is 0.150 e. The molecule has 0 bridgehead atoms. The molecule has 0 amide bonds. The van der Waals surface area contributed by atoms with Gasteiger partial charge < -0.3 is 24.4 Å². The van der Waals surface area contributed by atoms with Gasteiger partial charge in [0, 0.05) is 41.0 Å². The van der Waals surface area contributed by atoms with E-state index in [0.717, 1.165) is 40.1 Å². The van der Waals surface area contributed by atoms with Crippen LogP contribution in [0, 0.1) is 0 Å². The minimum atomic E-state index is -0.381. The first-order valence-corrected chi connectivity index (χ1v) is 12.3. The van der Waals surface area contributed by atoms with E-state index in [1.165, 1.54) is 32.4 Å². The summed E-state index contributed by atoms with van der Waals surface area (Å²) in [5, 5.41) is 20.0. The van der Waals surface area contributed by atoms with Crippen molar-refractivity contribution in [3.05, 3.63) is 77.4 Å². The van der Waals surface area contributed by atoms with Crippen LogP contribution in [-0.2, 0) is 0 Å². The van der Waals surface area contributed by atoms with Crippen molar-refractivity contribution in [2.24, 2.45) is 0 Å². The Balaban J connectivity index is 1.29. The number of likely N-dealkylation sites (tertiary alicyclic amines) is 1. The Hall–Kier alpha value is -3.64. The summed E-state index contributed by atoms with van der Waals surface area (Å²) in [6.45, 7) is 4.32. The quantitative estimate of drug-likeness (QED) is 0.519. The van der Waals surface area contributed by atoms with Crippen molar-refractivity contribution >= 4 is 11.1 Å². The van der Waals surface area contributed by atoms with Crippen LogP contribution in [0.5, 0.6) is 28.7 Å². The molecule has 35 heavy (non-hydrogen) atoms. The van der Waals surface area contributed by atoms with Crippen LogP contribution in [-0.4, -0.2) is 48.0 Å². The van der Waals surface area contributed by atoms with E-state index in [-0.39, 0.29) is 17.6 Å². The molecule has 3 heterocycles. The molecule has 1 fully saturated rings. The summed E-state index contributed by atoms with van der Waals surface area (Å²) in [6.07, 6.45) is 3.52. The van der Waals surface area contributed by atoms with Crippen LogP contribution < -0.4 is 14.2 Å². The summed E-state index contributed by atoms with van der Waals surface area (Å²) in [7, 11) is 0. The zero-order chi connectivity index (χ0) is 23.8. The first-order valence-electron chi connectivity index (χ1n) is 12.3. The number of ether oxygens (including phenoxy) is 3. The zero-order valence-electron chi connectivity index (χ0n) is 19.6. The molecule has 0 aromatic heterocycles. The van der Waals surface area contributed by atoms with Gasteiger partial charge in [-0.05, 0) is 67.9 Å². The Morgan fingerprint density at radius 3 is 2.31 bits per heavy atom. The number of phenolic OH excluding ortho intramolecular Hbond substituents is 2. The number of nitrogens with zero attached hydrogens (tertiary/aromatic N) is 1. The SMILES string of the molecule is Oc1ccc2c(c1)OC(c1ccc(OCCN3CCCCC3)cc1)C1=C2COc2cc(O)ccc21. The van der Waals surface area contributed by atoms with E-state index < -0.39 is 0 Å². The second-order valence-corrected chi connectivity index (χ2v) is 9.36. The average molecular weight is 472 g/mol. The van der Waals surface area contributed by atoms with Crippen molar-refractivity contribution < 1.29 is 24.4 Å². The molecule has 180 valence electrons. The summed E-state index contributed by atoms with van der Waals surface area (Å²) in [5.41, 5.74) is 4.83. The van der Waals surface area contributed by atoms with Crippen molar-refractivity contribution in [2.45, 2.75) is 25.4 Å². The van der Waals surface area contributed by atoms with Gasteiger partial charge in [0.05, 0.1) is 0 Å². The molecular weight excluding hydrogens is 442 g/mol. The Labute approximate surface area is 205 Å². The van der Waals surface area contributed by atoms with Gasteiger partial charge in [-0.25, -0.2) is 0 Å². The maximum atomic E-state index is 10.1. The third kappa shape index (κ3) is 4.30. The standard InChI is InChI=1S/C29H29NO5/c31-20-7-11-24-26(16-20)34-18-25-23-10-6-21(32)17-27(23)35-29(28(24)25)19-4-8-22(9-5-19)33-15-14-30-12-2-1-3-13-30/h4-11,16-17,29,31-32H,1-3,12-15,18H2.